The van der Waals surface area contributed by atoms with Crippen molar-refractivity contribution < 1.29 is 0 Å². The molecule has 0 aliphatic heterocycles. The Hall–Kier alpha value is -1.67. The van der Waals surface area contributed by atoms with Gasteiger partial charge in [0.1, 0.15) is 0 Å². The number of aryl methyl sites for hydroxylation is 3. The minimum Gasteiger partial charge on any atom is -0.313 e. The lowest BCUT2D eigenvalue weighted by Gasteiger charge is -2.21. The summed E-state index contributed by atoms with van der Waals surface area (Å²) >= 11 is 0. The van der Waals surface area contributed by atoms with Crippen LogP contribution in [0.15, 0.2) is 36.5 Å². The van der Waals surface area contributed by atoms with Crippen LogP contribution in [0, 0.1) is 20.8 Å². The number of nitrogens with one attached hydrogen (secondary N) is 1. The molecule has 2 nitrogen and oxygen atoms in total. The highest BCUT2D eigenvalue weighted by molar-refractivity contribution is 5.40. The fraction of sp³-hybridized carbons (Fsp3) is 0.353. The van der Waals surface area contributed by atoms with Crippen LogP contribution in [0.3, 0.4) is 0 Å². The van der Waals surface area contributed by atoms with Gasteiger partial charge in [-0.25, -0.2) is 0 Å². The van der Waals surface area contributed by atoms with E-state index in [-0.39, 0.29) is 0 Å². The van der Waals surface area contributed by atoms with E-state index in [0.717, 1.165) is 12.1 Å². The van der Waals surface area contributed by atoms with Gasteiger partial charge in [0.05, 0.1) is 0 Å². The van der Waals surface area contributed by atoms with Crippen LogP contribution in [0.25, 0.3) is 0 Å². The molecule has 100 valence electrons. The van der Waals surface area contributed by atoms with Gasteiger partial charge in [0.15, 0.2) is 0 Å². The van der Waals surface area contributed by atoms with E-state index in [2.05, 4.69) is 49.3 Å². The minimum absolute atomic E-state index is 0.315. The molecule has 0 bridgehead atoms. The van der Waals surface area contributed by atoms with Crippen molar-refractivity contribution in [3.63, 3.8) is 0 Å². The molecule has 0 fully saturated rings. The van der Waals surface area contributed by atoms with E-state index in [1.165, 1.54) is 22.3 Å². The van der Waals surface area contributed by atoms with E-state index < -0.39 is 0 Å². The Morgan fingerprint density at radius 1 is 1.11 bits per heavy atom. The van der Waals surface area contributed by atoms with Gasteiger partial charge in [-0.15, -0.1) is 0 Å². The molecule has 0 saturated carbocycles. The summed E-state index contributed by atoms with van der Waals surface area (Å²) in [5.41, 5.74) is 6.56. The largest absolute Gasteiger partial charge is 0.313 e. The lowest BCUT2D eigenvalue weighted by atomic mass is 9.91. The van der Waals surface area contributed by atoms with E-state index in [9.17, 15) is 0 Å². The Labute approximate surface area is 115 Å². The highest BCUT2D eigenvalue weighted by atomic mass is 14.9. The van der Waals surface area contributed by atoms with Crippen molar-refractivity contribution in [2.45, 2.75) is 33.2 Å². The Morgan fingerprint density at radius 3 is 2.32 bits per heavy atom. The predicted octanol–water partition coefficient (Wildman–Crippen LogP) is 3.51. The second-order valence-corrected chi connectivity index (χ2v) is 5.18. The molecule has 1 heterocycles. The summed E-state index contributed by atoms with van der Waals surface area (Å²) < 4.78 is 0. The lowest BCUT2D eigenvalue weighted by molar-refractivity contribution is 0.578. The highest BCUT2D eigenvalue weighted by Gasteiger charge is 2.15. The van der Waals surface area contributed by atoms with E-state index in [1.807, 2.05) is 25.4 Å². The second-order valence-electron chi connectivity index (χ2n) is 5.18. The zero-order valence-corrected chi connectivity index (χ0v) is 12.2. The molecule has 1 aromatic heterocycles. The SMILES string of the molecule is CNC(Cc1ccccn1)c1c(C)cc(C)cc1C. The normalized spacial score (nSPS) is 12.4. The third kappa shape index (κ3) is 3.21. The van der Waals surface area contributed by atoms with Crippen LogP contribution >= 0.6 is 0 Å². The van der Waals surface area contributed by atoms with Gasteiger partial charge in [0, 0.05) is 24.4 Å². The van der Waals surface area contributed by atoms with Gasteiger partial charge in [-0.2, -0.15) is 0 Å². The quantitative estimate of drug-likeness (QED) is 0.903. The number of hydrogen-bond acceptors (Lipinski definition) is 2. The van der Waals surface area contributed by atoms with E-state index in [1.54, 1.807) is 0 Å². The molecule has 1 N–H and O–H groups in total. The number of likely N-dealkylation sites (N-methyl/N-ethyl adjacent to an activating group) is 1. The Kier molecular flexibility index (Phi) is 4.33. The molecule has 0 saturated heterocycles. The van der Waals surface area contributed by atoms with E-state index >= 15 is 0 Å². The first-order valence-corrected chi connectivity index (χ1v) is 6.76. The third-order valence-corrected chi connectivity index (χ3v) is 3.57. The zero-order chi connectivity index (χ0) is 13.8. The van der Waals surface area contributed by atoms with Crippen LogP contribution in [0.1, 0.15) is 34.0 Å². The average Bonchev–Trinajstić information content (AvgIpc) is 2.37. The summed E-state index contributed by atoms with van der Waals surface area (Å²) in [6.07, 6.45) is 2.78. The summed E-state index contributed by atoms with van der Waals surface area (Å²) in [7, 11) is 2.02. The standard InChI is InChI=1S/C17H22N2/c1-12-9-13(2)17(14(3)10-12)16(18-4)11-15-7-5-6-8-19-15/h5-10,16,18H,11H2,1-4H3. The molecular formula is C17H22N2. The summed E-state index contributed by atoms with van der Waals surface area (Å²) in [5.74, 6) is 0. The van der Waals surface area contributed by atoms with Crippen LogP contribution in [0.2, 0.25) is 0 Å². The van der Waals surface area contributed by atoms with Gasteiger partial charge in [-0.1, -0.05) is 23.8 Å². The maximum absolute atomic E-state index is 4.43. The van der Waals surface area contributed by atoms with Crippen molar-refractivity contribution in [3.8, 4) is 0 Å². The molecule has 1 unspecified atom stereocenters. The molecule has 1 aromatic carbocycles. The number of nitrogens with zero attached hydrogens (tertiary/aromatic N) is 1. The molecule has 0 spiro atoms. The molecule has 2 rings (SSSR count). The first kappa shape index (κ1) is 13.8. The van der Waals surface area contributed by atoms with E-state index in [0.29, 0.717) is 6.04 Å². The van der Waals surface area contributed by atoms with Crippen molar-refractivity contribution >= 4 is 0 Å². The van der Waals surface area contributed by atoms with Gasteiger partial charge in [0.2, 0.25) is 0 Å². The molecular weight excluding hydrogens is 232 g/mol. The highest BCUT2D eigenvalue weighted by Crippen LogP contribution is 2.25. The van der Waals surface area contributed by atoms with Crippen LogP contribution in [-0.4, -0.2) is 12.0 Å². The van der Waals surface area contributed by atoms with Gasteiger partial charge < -0.3 is 5.32 Å². The summed E-state index contributed by atoms with van der Waals surface area (Å²) in [4.78, 5) is 4.43. The molecule has 0 amide bonds. The van der Waals surface area contributed by atoms with Gasteiger partial charge in [-0.05, 0) is 56.6 Å². The monoisotopic (exact) mass is 254 g/mol. The van der Waals surface area contributed by atoms with Gasteiger partial charge >= 0.3 is 0 Å². The lowest BCUT2D eigenvalue weighted by Crippen LogP contribution is -2.21. The van der Waals surface area contributed by atoms with Crippen LogP contribution in [-0.2, 0) is 6.42 Å². The van der Waals surface area contributed by atoms with Crippen LogP contribution < -0.4 is 5.32 Å². The first-order valence-electron chi connectivity index (χ1n) is 6.76. The smallest absolute Gasteiger partial charge is 0.0422 e. The van der Waals surface area contributed by atoms with Gasteiger partial charge in [0.25, 0.3) is 0 Å². The zero-order valence-electron chi connectivity index (χ0n) is 12.2. The predicted molar refractivity (Wildman–Crippen MR) is 80.4 cm³/mol. The maximum Gasteiger partial charge on any atom is 0.0422 e. The van der Waals surface area contributed by atoms with Gasteiger partial charge in [-0.3, -0.25) is 4.98 Å². The Bertz CT molecular complexity index is 523. The number of pyridine rings is 1. The maximum atomic E-state index is 4.43. The Morgan fingerprint density at radius 2 is 1.79 bits per heavy atom. The average molecular weight is 254 g/mol. The molecule has 2 aromatic rings. The van der Waals surface area contributed by atoms with Crippen LogP contribution in [0.5, 0.6) is 0 Å². The summed E-state index contributed by atoms with van der Waals surface area (Å²) in [5, 5.41) is 3.43. The molecule has 0 aliphatic rings. The molecule has 0 aliphatic carbocycles. The summed E-state index contributed by atoms with van der Waals surface area (Å²) in [6, 6.07) is 10.9. The molecule has 19 heavy (non-hydrogen) atoms. The molecule has 0 radical (unpaired) electrons. The minimum atomic E-state index is 0.315. The van der Waals surface area contributed by atoms with Crippen molar-refractivity contribution in [3.05, 3.63) is 64.5 Å². The Balaban J connectivity index is 2.32. The van der Waals surface area contributed by atoms with Crippen molar-refractivity contribution in [1.82, 2.24) is 10.3 Å². The van der Waals surface area contributed by atoms with Crippen molar-refractivity contribution in [1.29, 1.82) is 0 Å². The molecule has 2 heteroatoms. The first-order chi connectivity index (χ1) is 9.11. The van der Waals surface area contributed by atoms with E-state index in [4.69, 9.17) is 0 Å². The third-order valence-electron chi connectivity index (χ3n) is 3.57. The number of benzene rings is 1. The molecule has 1 atom stereocenters. The number of rotatable bonds is 4. The second kappa shape index (κ2) is 5.98. The topological polar surface area (TPSA) is 24.9 Å². The fourth-order valence-corrected chi connectivity index (χ4v) is 2.82. The summed E-state index contributed by atoms with van der Waals surface area (Å²) in [6.45, 7) is 6.53. The number of aromatic nitrogens is 1. The number of hydrogen-bond donors (Lipinski definition) is 1. The van der Waals surface area contributed by atoms with Crippen LogP contribution in [0.4, 0.5) is 0 Å². The van der Waals surface area contributed by atoms with Crippen molar-refractivity contribution in [2.75, 3.05) is 7.05 Å². The van der Waals surface area contributed by atoms with Crippen molar-refractivity contribution in [2.24, 2.45) is 0 Å². The fourth-order valence-electron chi connectivity index (χ4n) is 2.82.